The second kappa shape index (κ2) is 10.4. The SMILES string of the molecule is CC(C)(C)OC(=O)NCC1CCN(CC(=O)Nc2ccccc2S(=O)(=O)C(F)F)CC1. The lowest BCUT2D eigenvalue weighted by Gasteiger charge is -2.31. The van der Waals surface area contributed by atoms with Crippen molar-refractivity contribution in [3.8, 4) is 0 Å². The molecular formula is C20H29F2N3O5S. The minimum atomic E-state index is -4.82. The Balaban J connectivity index is 1.82. The highest BCUT2D eigenvalue weighted by molar-refractivity contribution is 7.91. The second-order valence-electron chi connectivity index (χ2n) is 8.45. The fraction of sp³-hybridized carbons (Fsp3) is 0.600. The Labute approximate surface area is 181 Å². The highest BCUT2D eigenvalue weighted by atomic mass is 32.2. The van der Waals surface area contributed by atoms with Gasteiger partial charge in [0.15, 0.2) is 0 Å². The summed E-state index contributed by atoms with van der Waals surface area (Å²) in [5.74, 6) is -3.80. The van der Waals surface area contributed by atoms with Gasteiger partial charge in [-0.15, -0.1) is 0 Å². The molecule has 0 aromatic heterocycles. The summed E-state index contributed by atoms with van der Waals surface area (Å²) in [5.41, 5.74) is -0.724. The van der Waals surface area contributed by atoms with Crippen molar-refractivity contribution in [3.63, 3.8) is 0 Å². The van der Waals surface area contributed by atoms with Crippen LogP contribution in [0.25, 0.3) is 0 Å². The first kappa shape index (κ1) is 25.0. The van der Waals surface area contributed by atoms with Crippen LogP contribution in [-0.2, 0) is 19.4 Å². The van der Waals surface area contributed by atoms with Crippen LogP contribution in [0.1, 0.15) is 33.6 Å². The van der Waals surface area contributed by atoms with E-state index in [-0.39, 0.29) is 18.2 Å². The number of ether oxygens (including phenoxy) is 1. The van der Waals surface area contributed by atoms with E-state index in [1.807, 2.05) is 4.90 Å². The molecule has 174 valence electrons. The number of hydrogen-bond donors (Lipinski definition) is 2. The van der Waals surface area contributed by atoms with Crippen LogP contribution in [0.3, 0.4) is 0 Å². The minimum absolute atomic E-state index is 0.00920. The lowest BCUT2D eigenvalue weighted by molar-refractivity contribution is -0.117. The van der Waals surface area contributed by atoms with E-state index in [0.717, 1.165) is 18.9 Å². The number of hydrogen-bond acceptors (Lipinski definition) is 6. The van der Waals surface area contributed by atoms with Gasteiger partial charge in [-0.05, 0) is 64.8 Å². The third kappa shape index (κ3) is 7.73. The molecule has 1 aromatic rings. The van der Waals surface area contributed by atoms with Crippen molar-refractivity contribution in [2.75, 3.05) is 31.5 Å². The highest BCUT2D eigenvalue weighted by Gasteiger charge is 2.30. The Hall–Kier alpha value is -2.27. The standard InChI is InChI=1S/C20H29F2N3O5S/c1-20(2,3)30-19(27)23-12-14-8-10-25(11-9-14)13-17(26)24-15-6-4-5-7-16(15)31(28,29)18(21)22/h4-7,14,18H,8-13H2,1-3H3,(H,23,27)(H,24,26). The van der Waals surface area contributed by atoms with Crippen molar-refractivity contribution in [2.45, 2.75) is 49.9 Å². The number of benzene rings is 1. The molecule has 0 unspecified atom stereocenters. The third-order valence-electron chi connectivity index (χ3n) is 4.71. The van der Waals surface area contributed by atoms with Gasteiger partial charge in [-0.2, -0.15) is 8.78 Å². The number of amides is 2. The molecule has 0 saturated carbocycles. The number of sulfone groups is 1. The van der Waals surface area contributed by atoms with Gasteiger partial charge in [-0.3, -0.25) is 9.69 Å². The molecule has 31 heavy (non-hydrogen) atoms. The van der Waals surface area contributed by atoms with E-state index in [0.29, 0.717) is 19.6 Å². The molecule has 1 aliphatic rings. The molecule has 2 N–H and O–H groups in total. The van der Waals surface area contributed by atoms with Crippen molar-refractivity contribution < 1.29 is 31.5 Å². The molecule has 1 fully saturated rings. The summed E-state index contributed by atoms with van der Waals surface area (Å²) in [5, 5.41) is 5.17. The lowest BCUT2D eigenvalue weighted by Crippen LogP contribution is -2.42. The Morgan fingerprint density at radius 2 is 1.81 bits per heavy atom. The first-order chi connectivity index (χ1) is 14.4. The molecule has 0 bridgehead atoms. The maximum absolute atomic E-state index is 12.9. The summed E-state index contributed by atoms with van der Waals surface area (Å²) in [7, 11) is -4.82. The van der Waals surface area contributed by atoms with Crippen LogP contribution >= 0.6 is 0 Å². The van der Waals surface area contributed by atoms with E-state index in [1.165, 1.54) is 18.2 Å². The van der Waals surface area contributed by atoms with Crippen LogP contribution in [0.5, 0.6) is 0 Å². The first-order valence-corrected chi connectivity index (χ1v) is 11.5. The van der Waals surface area contributed by atoms with E-state index in [4.69, 9.17) is 4.74 Å². The summed E-state index contributed by atoms with van der Waals surface area (Å²) in [6.07, 6.45) is 1.06. The Bertz CT molecular complexity index is 879. The number of para-hydroxylation sites is 1. The molecule has 0 radical (unpaired) electrons. The molecule has 2 amide bonds. The molecule has 11 heteroatoms. The summed E-state index contributed by atoms with van der Waals surface area (Å²) >= 11 is 0. The van der Waals surface area contributed by atoms with Crippen molar-refractivity contribution in [1.82, 2.24) is 10.2 Å². The van der Waals surface area contributed by atoms with E-state index >= 15 is 0 Å². The summed E-state index contributed by atoms with van der Waals surface area (Å²) in [6, 6.07) is 5.10. The van der Waals surface area contributed by atoms with Gasteiger partial charge in [0.1, 0.15) is 5.60 Å². The third-order valence-corrected chi connectivity index (χ3v) is 6.15. The molecular weight excluding hydrogens is 432 g/mol. The summed E-state index contributed by atoms with van der Waals surface area (Å²) in [6.45, 7) is 7.09. The quantitative estimate of drug-likeness (QED) is 0.647. The smallest absolute Gasteiger partial charge is 0.407 e. The fourth-order valence-corrected chi connectivity index (χ4v) is 4.08. The Morgan fingerprint density at radius 1 is 1.19 bits per heavy atom. The van der Waals surface area contributed by atoms with E-state index in [2.05, 4.69) is 10.6 Å². The Morgan fingerprint density at radius 3 is 2.39 bits per heavy atom. The molecule has 1 heterocycles. The van der Waals surface area contributed by atoms with Crippen molar-refractivity contribution >= 4 is 27.5 Å². The number of anilines is 1. The predicted molar refractivity (Wildman–Crippen MR) is 112 cm³/mol. The largest absolute Gasteiger partial charge is 0.444 e. The van der Waals surface area contributed by atoms with Crippen LogP contribution in [-0.4, -0.2) is 62.9 Å². The number of piperidine rings is 1. The normalized spacial score (nSPS) is 16.2. The Kier molecular flexibility index (Phi) is 8.35. The molecule has 1 aromatic carbocycles. The van der Waals surface area contributed by atoms with E-state index < -0.39 is 38.1 Å². The number of carbonyl (C=O) groups excluding carboxylic acids is 2. The summed E-state index contributed by atoms with van der Waals surface area (Å²) < 4.78 is 54.5. The number of halogens is 2. The maximum atomic E-state index is 12.9. The topological polar surface area (TPSA) is 105 Å². The molecule has 2 rings (SSSR count). The van der Waals surface area contributed by atoms with Gasteiger partial charge in [0, 0.05) is 6.54 Å². The maximum Gasteiger partial charge on any atom is 0.407 e. The van der Waals surface area contributed by atoms with Gasteiger partial charge in [-0.25, -0.2) is 13.2 Å². The number of nitrogens with one attached hydrogen (secondary N) is 2. The summed E-state index contributed by atoms with van der Waals surface area (Å²) in [4.78, 5) is 25.4. The van der Waals surface area contributed by atoms with Crippen LogP contribution < -0.4 is 10.6 Å². The van der Waals surface area contributed by atoms with E-state index in [1.54, 1.807) is 20.8 Å². The molecule has 1 aliphatic heterocycles. The van der Waals surface area contributed by atoms with Crippen LogP contribution in [0.2, 0.25) is 0 Å². The monoisotopic (exact) mass is 461 g/mol. The highest BCUT2D eigenvalue weighted by Crippen LogP contribution is 2.26. The van der Waals surface area contributed by atoms with Crippen molar-refractivity contribution in [1.29, 1.82) is 0 Å². The van der Waals surface area contributed by atoms with E-state index in [9.17, 15) is 26.8 Å². The van der Waals surface area contributed by atoms with Crippen LogP contribution in [0, 0.1) is 5.92 Å². The van der Waals surface area contributed by atoms with Gasteiger partial charge in [0.25, 0.3) is 0 Å². The average Bonchev–Trinajstić information content (AvgIpc) is 2.66. The molecule has 1 saturated heterocycles. The molecule has 0 spiro atoms. The zero-order valence-corrected chi connectivity index (χ0v) is 18.7. The number of likely N-dealkylation sites (tertiary alicyclic amines) is 1. The van der Waals surface area contributed by atoms with Gasteiger partial charge >= 0.3 is 11.9 Å². The number of alkyl halides is 2. The average molecular weight is 462 g/mol. The predicted octanol–water partition coefficient (Wildman–Crippen LogP) is 2.86. The zero-order valence-electron chi connectivity index (χ0n) is 17.9. The zero-order chi connectivity index (χ0) is 23.2. The molecule has 8 nitrogen and oxygen atoms in total. The van der Waals surface area contributed by atoms with Gasteiger partial charge in [-0.1, -0.05) is 12.1 Å². The fourth-order valence-electron chi connectivity index (χ4n) is 3.20. The number of rotatable bonds is 7. The second-order valence-corrected chi connectivity index (χ2v) is 10.3. The molecule has 0 atom stereocenters. The van der Waals surface area contributed by atoms with Crippen molar-refractivity contribution in [2.24, 2.45) is 5.92 Å². The minimum Gasteiger partial charge on any atom is -0.444 e. The van der Waals surface area contributed by atoms with Crippen LogP contribution in [0.15, 0.2) is 29.2 Å². The van der Waals surface area contributed by atoms with Gasteiger partial charge < -0.3 is 15.4 Å². The van der Waals surface area contributed by atoms with Crippen LogP contribution in [0.4, 0.5) is 19.3 Å². The number of alkyl carbamates (subject to hydrolysis) is 1. The number of nitrogens with zero attached hydrogens (tertiary/aromatic N) is 1. The lowest BCUT2D eigenvalue weighted by atomic mass is 9.97. The van der Waals surface area contributed by atoms with Gasteiger partial charge in [0.05, 0.1) is 17.1 Å². The van der Waals surface area contributed by atoms with Crippen molar-refractivity contribution in [3.05, 3.63) is 24.3 Å². The van der Waals surface area contributed by atoms with Gasteiger partial charge in [0.2, 0.25) is 15.7 Å². The number of carbonyl (C=O) groups is 2. The first-order valence-electron chi connectivity index (χ1n) is 9.98. The molecule has 0 aliphatic carbocycles.